The largest absolute Gasteiger partial charge is 0.452 e. The summed E-state index contributed by atoms with van der Waals surface area (Å²) in [6.07, 6.45) is -1.59. The summed E-state index contributed by atoms with van der Waals surface area (Å²) in [7, 11) is -1.94. The number of halogens is 4. The third-order valence-electron chi connectivity index (χ3n) is 6.29. The Kier molecular flexibility index (Phi) is 6.49. The second-order valence-electron chi connectivity index (χ2n) is 9.54. The summed E-state index contributed by atoms with van der Waals surface area (Å²) >= 11 is 6.77. The van der Waals surface area contributed by atoms with Crippen LogP contribution in [0.15, 0.2) is 24.5 Å². The lowest BCUT2D eigenvalue weighted by molar-refractivity contribution is -0.145. The van der Waals surface area contributed by atoms with E-state index in [9.17, 15) is 13.2 Å². The fourth-order valence-electron chi connectivity index (χ4n) is 3.10. The molecule has 0 aliphatic heterocycles. The van der Waals surface area contributed by atoms with Crippen LogP contribution in [0.5, 0.6) is 0 Å². The van der Waals surface area contributed by atoms with E-state index in [1.807, 2.05) is 13.0 Å². The van der Waals surface area contributed by atoms with Crippen LogP contribution in [0.2, 0.25) is 18.1 Å². The van der Waals surface area contributed by atoms with Crippen molar-refractivity contribution in [1.82, 2.24) is 19.6 Å². The first kappa shape index (κ1) is 24.7. The summed E-state index contributed by atoms with van der Waals surface area (Å²) in [6, 6.07) is 3.53. The maximum absolute atomic E-state index is 13.2. The molecule has 1 unspecified atom stereocenters. The molecule has 0 radical (unpaired) electrons. The summed E-state index contributed by atoms with van der Waals surface area (Å²) in [5.41, 5.74) is 3.86. The van der Waals surface area contributed by atoms with Crippen molar-refractivity contribution >= 4 is 25.6 Å². The van der Waals surface area contributed by atoms with E-state index in [1.165, 1.54) is 6.20 Å². The van der Waals surface area contributed by atoms with E-state index in [0.29, 0.717) is 17.7 Å². The summed E-state index contributed by atoms with van der Waals surface area (Å²) in [6.45, 7) is 15.0. The van der Waals surface area contributed by atoms with Gasteiger partial charge in [-0.05, 0) is 66.4 Å². The van der Waals surface area contributed by atoms with Crippen molar-refractivity contribution in [3.05, 3.63) is 58.3 Å². The maximum atomic E-state index is 13.2. The van der Waals surface area contributed by atoms with E-state index >= 15 is 0 Å². The number of alkyl halides is 4. The zero-order valence-electron chi connectivity index (χ0n) is 19.3. The van der Waals surface area contributed by atoms with Crippen molar-refractivity contribution < 1.29 is 17.6 Å². The predicted octanol–water partition coefficient (Wildman–Crippen LogP) is 6.61. The zero-order chi connectivity index (χ0) is 24.1. The third-order valence-corrected chi connectivity index (χ3v) is 11.3. The minimum Gasteiger partial charge on any atom is -0.412 e. The minimum absolute atomic E-state index is 0.0843. The van der Waals surface area contributed by atoms with Crippen molar-refractivity contribution in [2.45, 2.75) is 70.9 Å². The topological polar surface area (TPSA) is 52.3 Å². The van der Waals surface area contributed by atoms with Gasteiger partial charge in [0, 0.05) is 18.1 Å². The highest BCUT2D eigenvalue weighted by atomic mass is 35.5. The second kappa shape index (κ2) is 8.42. The molecule has 0 N–H and O–H groups in total. The van der Waals surface area contributed by atoms with E-state index in [1.54, 1.807) is 19.2 Å². The average Bonchev–Trinajstić information content (AvgIpc) is 3.12. The van der Waals surface area contributed by atoms with Crippen LogP contribution in [0.1, 0.15) is 59.9 Å². The van der Waals surface area contributed by atoms with Crippen LogP contribution < -0.4 is 0 Å². The summed E-state index contributed by atoms with van der Waals surface area (Å²) in [4.78, 5) is 4.49. The van der Waals surface area contributed by atoms with E-state index in [0.717, 1.165) is 21.2 Å². The van der Waals surface area contributed by atoms with Crippen LogP contribution in [0, 0.1) is 13.8 Å². The number of fused-ring (bicyclic) bond motifs is 1. The van der Waals surface area contributed by atoms with Gasteiger partial charge in [0.05, 0.1) is 12.0 Å². The molecule has 3 aromatic heterocycles. The first-order valence-electron chi connectivity index (χ1n) is 10.3. The molecule has 174 valence electrons. The summed E-state index contributed by atoms with van der Waals surface area (Å²) in [5, 5.41) is 6.53. The summed E-state index contributed by atoms with van der Waals surface area (Å²) in [5.74, 6) is -1.06. The molecule has 1 atom stereocenters. The molecule has 0 saturated carbocycles. The number of pyridine rings is 2. The van der Waals surface area contributed by atoms with Crippen LogP contribution in [0.4, 0.5) is 13.2 Å². The molecule has 3 aromatic rings. The molecular weight excluding hydrogens is 457 g/mol. The molecule has 0 saturated heterocycles. The van der Waals surface area contributed by atoms with Gasteiger partial charge < -0.3 is 4.43 Å². The number of nitrogens with zero attached hydrogens (tertiary/aromatic N) is 4. The van der Waals surface area contributed by atoms with Gasteiger partial charge in [0.1, 0.15) is 0 Å². The Morgan fingerprint density at radius 2 is 1.81 bits per heavy atom. The van der Waals surface area contributed by atoms with Crippen molar-refractivity contribution in [2.75, 3.05) is 0 Å². The molecule has 3 rings (SSSR count). The molecule has 5 nitrogen and oxygen atoms in total. The number of hydrogen-bond donors (Lipinski definition) is 0. The Morgan fingerprint density at radius 3 is 2.41 bits per heavy atom. The second-order valence-corrected chi connectivity index (χ2v) is 14.8. The van der Waals surface area contributed by atoms with E-state index in [2.05, 4.69) is 49.0 Å². The number of aromatic nitrogens is 4. The smallest absolute Gasteiger partial charge is 0.412 e. The Bertz CT molecular complexity index is 1140. The van der Waals surface area contributed by atoms with Crippen molar-refractivity contribution in [3.8, 4) is 0 Å². The SMILES string of the molecule is Cc1ncc(C(Cl)c2ccn3c(C(F)(F)F)nnc3c2C)cc1CO[Si](C)(C)C(C)(C)C. The lowest BCUT2D eigenvalue weighted by Crippen LogP contribution is -2.40. The first-order chi connectivity index (χ1) is 14.6. The molecular formula is C22H28ClF3N4OSi. The molecule has 0 aliphatic rings. The lowest BCUT2D eigenvalue weighted by Gasteiger charge is -2.36. The standard InChI is InChI=1S/C22H28ClF3N4OSi/c1-13-17(8-9-30-19(13)28-29-20(30)22(24,25)26)18(23)15-10-16(14(2)27-11-15)12-31-32(6,7)21(3,4)5/h8-11,18H,12H2,1-7H3. The minimum atomic E-state index is -4.59. The van der Waals surface area contributed by atoms with Crippen LogP contribution in [-0.2, 0) is 17.2 Å². The van der Waals surface area contributed by atoms with Gasteiger partial charge in [-0.2, -0.15) is 13.2 Å². The molecule has 0 aromatic carbocycles. The molecule has 0 aliphatic carbocycles. The molecule has 0 fully saturated rings. The monoisotopic (exact) mass is 484 g/mol. The Balaban J connectivity index is 1.93. The van der Waals surface area contributed by atoms with E-state index < -0.39 is 25.7 Å². The van der Waals surface area contributed by atoms with Crippen molar-refractivity contribution in [3.63, 3.8) is 0 Å². The third kappa shape index (κ3) is 4.70. The van der Waals surface area contributed by atoms with Gasteiger partial charge in [-0.15, -0.1) is 21.8 Å². The lowest BCUT2D eigenvalue weighted by atomic mass is 10.0. The normalized spacial score (nSPS) is 14.2. The van der Waals surface area contributed by atoms with Crippen LogP contribution in [0.3, 0.4) is 0 Å². The van der Waals surface area contributed by atoms with Gasteiger partial charge in [0.15, 0.2) is 14.0 Å². The van der Waals surface area contributed by atoms with Gasteiger partial charge in [-0.1, -0.05) is 20.8 Å². The van der Waals surface area contributed by atoms with E-state index in [-0.39, 0.29) is 10.7 Å². The number of hydrogen-bond acceptors (Lipinski definition) is 4. The molecule has 0 bridgehead atoms. The highest BCUT2D eigenvalue weighted by molar-refractivity contribution is 6.74. The van der Waals surface area contributed by atoms with Gasteiger partial charge in [-0.25, -0.2) is 0 Å². The average molecular weight is 485 g/mol. The molecule has 3 heterocycles. The fraction of sp³-hybridized carbons (Fsp3) is 0.500. The zero-order valence-corrected chi connectivity index (χ0v) is 21.1. The summed E-state index contributed by atoms with van der Waals surface area (Å²) < 4.78 is 46.7. The maximum Gasteiger partial charge on any atom is 0.452 e. The van der Waals surface area contributed by atoms with Gasteiger partial charge >= 0.3 is 6.18 Å². The molecule has 32 heavy (non-hydrogen) atoms. The molecule has 0 spiro atoms. The predicted molar refractivity (Wildman–Crippen MR) is 121 cm³/mol. The first-order valence-corrected chi connectivity index (χ1v) is 13.6. The van der Waals surface area contributed by atoms with Gasteiger partial charge in [0.25, 0.3) is 0 Å². The Labute approximate surface area is 192 Å². The fourth-order valence-corrected chi connectivity index (χ4v) is 4.41. The molecule has 10 heteroatoms. The van der Waals surface area contributed by atoms with Gasteiger partial charge in [0.2, 0.25) is 5.82 Å². The van der Waals surface area contributed by atoms with Crippen molar-refractivity contribution in [1.29, 1.82) is 0 Å². The van der Waals surface area contributed by atoms with Gasteiger partial charge in [-0.3, -0.25) is 9.38 Å². The highest BCUT2D eigenvalue weighted by Crippen LogP contribution is 2.38. The number of rotatable bonds is 5. The molecule has 0 amide bonds. The van der Waals surface area contributed by atoms with Crippen LogP contribution in [0.25, 0.3) is 5.65 Å². The van der Waals surface area contributed by atoms with Crippen LogP contribution in [-0.4, -0.2) is 27.9 Å². The Hall–Kier alpha value is -1.97. The van der Waals surface area contributed by atoms with Crippen molar-refractivity contribution in [2.24, 2.45) is 0 Å². The quantitative estimate of drug-likeness (QED) is 0.302. The Morgan fingerprint density at radius 1 is 1.16 bits per heavy atom. The van der Waals surface area contributed by atoms with Crippen LogP contribution >= 0.6 is 11.6 Å². The number of aryl methyl sites for hydroxylation is 2. The van der Waals surface area contributed by atoms with E-state index in [4.69, 9.17) is 16.0 Å². The highest BCUT2D eigenvalue weighted by Gasteiger charge is 2.38.